The molecule has 0 aliphatic rings. The molecule has 202 valence electrons. The van der Waals surface area contributed by atoms with Crippen LogP contribution in [0.5, 0.6) is 5.75 Å². The molecule has 0 bridgehead atoms. The first kappa shape index (κ1) is 28.7. The number of rotatable bonds is 12. The van der Waals surface area contributed by atoms with E-state index in [1.807, 2.05) is 61.5 Å². The number of hydrogen-bond donors (Lipinski definition) is 1. The van der Waals surface area contributed by atoms with E-state index in [4.69, 9.17) is 4.74 Å². The number of nitrogens with zero attached hydrogens (tertiary/aromatic N) is 2. The quantitative estimate of drug-likeness (QED) is 0.381. The Labute approximate surface area is 225 Å². The highest BCUT2D eigenvalue weighted by molar-refractivity contribution is 7.92. The number of likely N-dealkylation sites (N-methyl/N-ethyl adjacent to an activating group) is 1. The predicted octanol–water partition coefficient (Wildman–Crippen LogP) is 3.55. The standard InChI is InChI=1S/C29H35N3O5S/c1-5-37-27-17-10-9-16-25(27)32(38(4,35)36)21-28(33)31(20-24-15-11-12-22(2)18-24)26(29(34)30-3)19-23-13-7-6-8-14-23/h6-18,26H,5,19-21H2,1-4H3,(H,30,34)/t26-/m0/s1. The zero-order valence-corrected chi connectivity index (χ0v) is 23.1. The summed E-state index contributed by atoms with van der Waals surface area (Å²) in [6.07, 6.45) is 1.32. The topological polar surface area (TPSA) is 96.0 Å². The molecule has 0 radical (unpaired) electrons. The van der Waals surface area contributed by atoms with Gasteiger partial charge in [-0.3, -0.25) is 13.9 Å². The van der Waals surface area contributed by atoms with Gasteiger partial charge in [-0.2, -0.15) is 0 Å². The maximum Gasteiger partial charge on any atom is 0.244 e. The lowest BCUT2D eigenvalue weighted by Crippen LogP contribution is -2.52. The molecule has 3 aromatic rings. The van der Waals surface area contributed by atoms with Gasteiger partial charge in [0, 0.05) is 20.0 Å². The van der Waals surface area contributed by atoms with Gasteiger partial charge < -0.3 is 15.0 Å². The number of hydrogen-bond acceptors (Lipinski definition) is 5. The minimum absolute atomic E-state index is 0.135. The molecule has 0 fully saturated rings. The second kappa shape index (κ2) is 13.1. The summed E-state index contributed by atoms with van der Waals surface area (Å²) in [6, 6.07) is 22.9. The number of aryl methyl sites for hydroxylation is 1. The Bertz CT molecular complexity index is 1350. The van der Waals surface area contributed by atoms with Crippen molar-refractivity contribution < 1.29 is 22.7 Å². The molecular formula is C29H35N3O5S. The molecule has 0 aliphatic carbocycles. The molecule has 0 unspecified atom stereocenters. The highest BCUT2D eigenvalue weighted by Crippen LogP contribution is 2.30. The van der Waals surface area contributed by atoms with Crippen molar-refractivity contribution in [1.82, 2.24) is 10.2 Å². The van der Waals surface area contributed by atoms with Gasteiger partial charge in [0.25, 0.3) is 0 Å². The number of carbonyl (C=O) groups excluding carboxylic acids is 2. The molecule has 0 saturated carbocycles. The Hall–Kier alpha value is -3.85. The van der Waals surface area contributed by atoms with Crippen LogP contribution in [0, 0.1) is 6.92 Å². The van der Waals surface area contributed by atoms with Gasteiger partial charge in [0.05, 0.1) is 18.6 Å². The van der Waals surface area contributed by atoms with E-state index >= 15 is 0 Å². The molecular weight excluding hydrogens is 502 g/mol. The van der Waals surface area contributed by atoms with Crippen molar-refractivity contribution in [3.8, 4) is 5.75 Å². The molecule has 0 heterocycles. The van der Waals surface area contributed by atoms with Crippen molar-refractivity contribution in [1.29, 1.82) is 0 Å². The highest BCUT2D eigenvalue weighted by Gasteiger charge is 2.33. The van der Waals surface area contributed by atoms with Crippen LogP contribution < -0.4 is 14.4 Å². The lowest BCUT2D eigenvalue weighted by atomic mass is 10.0. The van der Waals surface area contributed by atoms with Gasteiger partial charge in [0.2, 0.25) is 21.8 Å². The summed E-state index contributed by atoms with van der Waals surface area (Å²) in [4.78, 5) is 28.6. The summed E-state index contributed by atoms with van der Waals surface area (Å²) in [6.45, 7) is 3.73. The monoisotopic (exact) mass is 537 g/mol. The number of sulfonamides is 1. The van der Waals surface area contributed by atoms with Gasteiger partial charge in [-0.1, -0.05) is 72.3 Å². The fourth-order valence-electron chi connectivity index (χ4n) is 4.26. The molecule has 3 aromatic carbocycles. The summed E-state index contributed by atoms with van der Waals surface area (Å²) in [5.74, 6) is -0.492. The van der Waals surface area contributed by atoms with Crippen LogP contribution in [0.1, 0.15) is 23.6 Å². The summed E-state index contributed by atoms with van der Waals surface area (Å²) < 4.78 is 32.5. The van der Waals surface area contributed by atoms with Crippen LogP contribution in [0.25, 0.3) is 0 Å². The van der Waals surface area contributed by atoms with Crippen LogP contribution in [0.3, 0.4) is 0 Å². The molecule has 9 heteroatoms. The maximum atomic E-state index is 14.0. The normalized spacial score (nSPS) is 11.9. The number of para-hydroxylation sites is 2. The van der Waals surface area contributed by atoms with E-state index in [0.29, 0.717) is 12.4 Å². The van der Waals surface area contributed by atoms with Gasteiger partial charge in [-0.05, 0) is 37.1 Å². The van der Waals surface area contributed by atoms with E-state index in [0.717, 1.165) is 27.3 Å². The summed E-state index contributed by atoms with van der Waals surface area (Å²) >= 11 is 0. The molecule has 0 aromatic heterocycles. The number of ether oxygens (including phenoxy) is 1. The third-order valence-corrected chi connectivity index (χ3v) is 7.19. The van der Waals surface area contributed by atoms with Gasteiger partial charge in [0.1, 0.15) is 18.3 Å². The van der Waals surface area contributed by atoms with Crippen molar-refractivity contribution in [3.63, 3.8) is 0 Å². The van der Waals surface area contributed by atoms with Crippen molar-refractivity contribution >= 4 is 27.5 Å². The third kappa shape index (κ3) is 7.58. The molecule has 0 spiro atoms. The molecule has 8 nitrogen and oxygen atoms in total. The Kier molecular flexibility index (Phi) is 9.90. The molecule has 2 amide bonds. The van der Waals surface area contributed by atoms with E-state index in [2.05, 4.69) is 5.32 Å². The maximum absolute atomic E-state index is 14.0. The first-order valence-corrected chi connectivity index (χ1v) is 14.3. The molecule has 3 rings (SSSR count). The Morgan fingerprint density at radius 1 is 0.947 bits per heavy atom. The van der Waals surface area contributed by atoms with E-state index in [-0.39, 0.29) is 24.6 Å². The Balaban J connectivity index is 2.05. The van der Waals surface area contributed by atoms with E-state index < -0.39 is 28.5 Å². The van der Waals surface area contributed by atoms with Crippen molar-refractivity contribution in [2.45, 2.75) is 32.9 Å². The first-order valence-electron chi connectivity index (χ1n) is 12.4. The summed E-state index contributed by atoms with van der Waals surface area (Å²) in [7, 11) is -2.35. The number of benzene rings is 3. The highest BCUT2D eigenvalue weighted by atomic mass is 32.2. The number of carbonyl (C=O) groups is 2. The Morgan fingerprint density at radius 2 is 1.61 bits per heavy atom. The number of nitrogens with one attached hydrogen (secondary N) is 1. The summed E-state index contributed by atoms with van der Waals surface area (Å²) in [5.41, 5.74) is 2.99. The van der Waals surface area contributed by atoms with E-state index in [1.165, 1.54) is 11.9 Å². The fraction of sp³-hybridized carbons (Fsp3) is 0.310. The molecule has 1 N–H and O–H groups in total. The lowest BCUT2D eigenvalue weighted by Gasteiger charge is -2.33. The van der Waals surface area contributed by atoms with Gasteiger partial charge in [0.15, 0.2) is 0 Å². The van der Waals surface area contributed by atoms with Gasteiger partial charge in [-0.15, -0.1) is 0 Å². The van der Waals surface area contributed by atoms with Crippen molar-refractivity contribution in [2.24, 2.45) is 0 Å². The lowest BCUT2D eigenvalue weighted by molar-refractivity contribution is -0.139. The van der Waals surface area contributed by atoms with Gasteiger partial charge in [-0.25, -0.2) is 8.42 Å². The zero-order chi connectivity index (χ0) is 27.7. The van der Waals surface area contributed by atoms with Gasteiger partial charge >= 0.3 is 0 Å². The fourth-order valence-corrected chi connectivity index (χ4v) is 5.12. The second-order valence-electron chi connectivity index (χ2n) is 9.00. The predicted molar refractivity (Wildman–Crippen MR) is 150 cm³/mol. The average molecular weight is 538 g/mol. The Morgan fingerprint density at radius 3 is 2.24 bits per heavy atom. The van der Waals surface area contributed by atoms with Crippen LogP contribution in [0.2, 0.25) is 0 Å². The molecule has 38 heavy (non-hydrogen) atoms. The second-order valence-corrected chi connectivity index (χ2v) is 10.9. The van der Waals surface area contributed by atoms with Crippen LogP contribution in [0.15, 0.2) is 78.9 Å². The summed E-state index contributed by atoms with van der Waals surface area (Å²) in [5, 5.41) is 2.67. The minimum Gasteiger partial charge on any atom is -0.492 e. The first-order chi connectivity index (χ1) is 18.1. The molecule has 0 aliphatic heterocycles. The van der Waals surface area contributed by atoms with Crippen molar-refractivity contribution in [2.75, 3.05) is 30.8 Å². The van der Waals surface area contributed by atoms with Crippen molar-refractivity contribution in [3.05, 3.63) is 95.6 Å². The number of amides is 2. The van der Waals surface area contributed by atoms with Crippen LogP contribution >= 0.6 is 0 Å². The third-order valence-electron chi connectivity index (χ3n) is 6.07. The minimum atomic E-state index is -3.87. The SMILES string of the molecule is CCOc1ccccc1N(CC(=O)N(Cc1cccc(C)c1)[C@@H](Cc1ccccc1)C(=O)NC)S(C)(=O)=O. The van der Waals surface area contributed by atoms with Crippen LogP contribution in [-0.2, 0) is 32.6 Å². The largest absolute Gasteiger partial charge is 0.492 e. The zero-order valence-electron chi connectivity index (χ0n) is 22.3. The van der Waals surface area contributed by atoms with E-state index in [1.54, 1.807) is 31.2 Å². The smallest absolute Gasteiger partial charge is 0.244 e. The van der Waals surface area contributed by atoms with E-state index in [9.17, 15) is 18.0 Å². The number of anilines is 1. The van der Waals surface area contributed by atoms with Crippen LogP contribution in [0.4, 0.5) is 5.69 Å². The molecule has 1 atom stereocenters. The molecule has 0 saturated heterocycles. The average Bonchev–Trinajstić information content (AvgIpc) is 2.89. The van der Waals surface area contributed by atoms with Crippen LogP contribution in [-0.4, -0.2) is 57.6 Å².